The van der Waals surface area contributed by atoms with Crippen LogP contribution in [0.15, 0.2) is 0 Å². The summed E-state index contributed by atoms with van der Waals surface area (Å²) in [5.74, 6) is 0.684. The van der Waals surface area contributed by atoms with Crippen molar-refractivity contribution in [2.24, 2.45) is 11.7 Å². The van der Waals surface area contributed by atoms with Gasteiger partial charge in [0.05, 0.1) is 12.2 Å². The second kappa shape index (κ2) is 1.96. The summed E-state index contributed by atoms with van der Waals surface area (Å²) in [6.07, 6.45) is 4.86. The Morgan fingerprint density at radius 3 is 2.67 bits per heavy atom. The molecule has 2 bridgehead atoms. The third kappa shape index (κ3) is 0.775. The maximum Gasteiger partial charge on any atom is 0.0621 e. The minimum Gasteiger partial charge on any atom is -0.375 e. The molecule has 2 aliphatic rings. The summed E-state index contributed by atoms with van der Waals surface area (Å²) in [6, 6.07) is 0. The molecule has 0 aliphatic carbocycles. The number of fused-ring (bicyclic) bond motifs is 2. The van der Waals surface area contributed by atoms with Gasteiger partial charge in [-0.2, -0.15) is 0 Å². The van der Waals surface area contributed by atoms with Gasteiger partial charge in [0.15, 0.2) is 0 Å². The smallest absolute Gasteiger partial charge is 0.0621 e. The lowest BCUT2D eigenvalue weighted by molar-refractivity contribution is 0.0936. The van der Waals surface area contributed by atoms with Crippen molar-refractivity contribution in [3.8, 4) is 0 Å². The molecule has 2 saturated heterocycles. The first kappa shape index (κ1) is 5.69. The van der Waals surface area contributed by atoms with Crippen LogP contribution < -0.4 is 5.73 Å². The molecule has 2 N–H and O–H groups in total. The summed E-state index contributed by atoms with van der Waals surface area (Å²) in [6.45, 7) is 0.821. The van der Waals surface area contributed by atoms with Crippen LogP contribution in [-0.2, 0) is 4.74 Å². The summed E-state index contributed by atoms with van der Waals surface area (Å²) >= 11 is 0. The molecule has 2 rings (SSSR count). The van der Waals surface area contributed by atoms with E-state index in [0.29, 0.717) is 18.1 Å². The predicted octanol–water partition coefficient (Wildman–Crippen LogP) is 0.513. The highest BCUT2D eigenvalue weighted by molar-refractivity contribution is 4.89. The van der Waals surface area contributed by atoms with Crippen LogP contribution in [0.5, 0.6) is 0 Å². The second-order valence-corrected chi connectivity index (χ2v) is 3.11. The predicted molar refractivity (Wildman–Crippen MR) is 35.1 cm³/mol. The molecule has 3 atom stereocenters. The maximum atomic E-state index is 5.60. The molecule has 2 nitrogen and oxygen atoms in total. The van der Waals surface area contributed by atoms with Gasteiger partial charge in [0, 0.05) is 0 Å². The number of hydrogen-bond acceptors (Lipinski definition) is 2. The highest BCUT2D eigenvalue weighted by atomic mass is 16.5. The van der Waals surface area contributed by atoms with Crippen LogP contribution in [-0.4, -0.2) is 18.8 Å². The fourth-order valence-electron chi connectivity index (χ4n) is 1.99. The molecule has 2 aliphatic heterocycles. The zero-order valence-corrected chi connectivity index (χ0v) is 5.55. The first-order valence-corrected chi connectivity index (χ1v) is 3.75. The average Bonchev–Trinajstić information content (AvgIpc) is 2.45. The number of hydrogen-bond donors (Lipinski definition) is 1. The molecule has 0 saturated carbocycles. The number of rotatable bonds is 1. The molecule has 0 aromatic carbocycles. The summed E-state index contributed by atoms with van der Waals surface area (Å²) in [7, 11) is 0. The van der Waals surface area contributed by atoms with Crippen LogP contribution in [0.4, 0.5) is 0 Å². The van der Waals surface area contributed by atoms with E-state index in [4.69, 9.17) is 10.5 Å². The van der Waals surface area contributed by atoms with Crippen LogP contribution >= 0.6 is 0 Å². The third-order valence-corrected chi connectivity index (χ3v) is 2.53. The van der Waals surface area contributed by atoms with Crippen LogP contribution in [0.3, 0.4) is 0 Å². The molecular formula is C7H13NO. The van der Waals surface area contributed by atoms with Gasteiger partial charge in [-0.1, -0.05) is 0 Å². The third-order valence-electron chi connectivity index (χ3n) is 2.53. The molecule has 0 aromatic rings. The largest absolute Gasteiger partial charge is 0.375 e. The topological polar surface area (TPSA) is 35.2 Å². The van der Waals surface area contributed by atoms with E-state index in [9.17, 15) is 0 Å². The first-order valence-electron chi connectivity index (χ1n) is 3.75. The average molecular weight is 127 g/mol. The van der Waals surface area contributed by atoms with Crippen molar-refractivity contribution >= 4 is 0 Å². The molecule has 0 unspecified atom stereocenters. The molecule has 0 aromatic heterocycles. The van der Waals surface area contributed by atoms with E-state index in [0.717, 1.165) is 6.54 Å². The Hall–Kier alpha value is -0.0800. The van der Waals surface area contributed by atoms with Crippen molar-refractivity contribution in [2.45, 2.75) is 31.5 Å². The van der Waals surface area contributed by atoms with E-state index >= 15 is 0 Å². The molecule has 2 heterocycles. The lowest BCUT2D eigenvalue weighted by atomic mass is 9.89. The van der Waals surface area contributed by atoms with Crippen molar-refractivity contribution in [3.63, 3.8) is 0 Å². The zero-order chi connectivity index (χ0) is 6.27. The maximum absolute atomic E-state index is 5.60. The highest BCUT2D eigenvalue weighted by Crippen LogP contribution is 2.37. The molecular weight excluding hydrogens is 114 g/mol. The zero-order valence-electron chi connectivity index (χ0n) is 5.55. The standard InChI is InChI=1S/C7H13NO/c8-4-5-3-6-1-2-7(5)9-6/h5-7H,1-4,8H2/t5-,6+,7-/m1/s1. The Morgan fingerprint density at radius 1 is 1.44 bits per heavy atom. The van der Waals surface area contributed by atoms with Crippen LogP contribution in [0, 0.1) is 5.92 Å². The van der Waals surface area contributed by atoms with Crippen molar-refractivity contribution in [1.29, 1.82) is 0 Å². The summed E-state index contributed by atoms with van der Waals surface area (Å²) in [5, 5.41) is 0. The number of nitrogens with two attached hydrogens (primary N) is 1. The molecule has 2 heteroatoms. The van der Waals surface area contributed by atoms with Crippen LogP contribution in [0.1, 0.15) is 19.3 Å². The van der Waals surface area contributed by atoms with Crippen LogP contribution in [0.2, 0.25) is 0 Å². The Kier molecular flexibility index (Phi) is 1.24. The van der Waals surface area contributed by atoms with Gasteiger partial charge in [-0.3, -0.25) is 0 Å². The van der Waals surface area contributed by atoms with Crippen LogP contribution in [0.25, 0.3) is 0 Å². The van der Waals surface area contributed by atoms with Gasteiger partial charge in [-0.15, -0.1) is 0 Å². The first-order chi connectivity index (χ1) is 4.40. The van der Waals surface area contributed by atoms with E-state index < -0.39 is 0 Å². The molecule has 0 radical (unpaired) electrons. The van der Waals surface area contributed by atoms with Gasteiger partial charge in [0.25, 0.3) is 0 Å². The fourth-order valence-corrected chi connectivity index (χ4v) is 1.99. The molecule has 9 heavy (non-hydrogen) atoms. The van der Waals surface area contributed by atoms with E-state index in [1.165, 1.54) is 19.3 Å². The Bertz CT molecular complexity index is 115. The quantitative estimate of drug-likeness (QED) is 0.557. The van der Waals surface area contributed by atoms with Crippen molar-refractivity contribution in [3.05, 3.63) is 0 Å². The van der Waals surface area contributed by atoms with E-state index in [1.807, 2.05) is 0 Å². The van der Waals surface area contributed by atoms with E-state index in [-0.39, 0.29) is 0 Å². The van der Waals surface area contributed by atoms with E-state index in [1.54, 1.807) is 0 Å². The summed E-state index contributed by atoms with van der Waals surface area (Å²) in [5.41, 5.74) is 5.54. The SMILES string of the molecule is NC[C@H]1C[C@@H]2CC[C@H]1O2. The highest BCUT2D eigenvalue weighted by Gasteiger charge is 2.39. The van der Waals surface area contributed by atoms with Crippen molar-refractivity contribution in [2.75, 3.05) is 6.54 Å². The lowest BCUT2D eigenvalue weighted by Crippen LogP contribution is -2.24. The minimum atomic E-state index is 0.528. The lowest BCUT2D eigenvalue weighted by Gasteiger charge is -2.14. The Morgan fingerprint density at radius 2 is 2.33 bits per heavy atom. The summed E-state index contributed by atoms with van der Waals surface area (Å²) in [4.78, 5) is 0. The fraction of sp³-hybridized carbons (Fsp3) is 1.00. The van der Waals surface area contributed by atoms with Gasteiger partial charge in [-0.05, 0) is 31.7 Å². The monoisotopic (exact) mass is 127 g/mol. The normalized spacial score (nSPS) is 48.3. The van der Waals surface area contributed by atoms with Crippen molar-refractivity contribution in [1.82, 2.24) is 0 Å². The Labute approximate surface area is 55.4 Å². The molecule has 2 fully saturated rings. The number of ether oxygens (including phenoxy) is 1. The van der Waals surface area contributed by atoms with Gasteiger partial charge < -0.3 is 10.5 Å². The van der Waals surface area contributed by atoms with Gasteiger partial charge in [0.1, 0.15) is 0 Å². The molecule has 0 spiro atoms. The van der Waals surface area contributed by atoms with Gasteiger partial charge in [-0.25, -0.2) is 0 Å². The molecule has 52 valence electrons. The van der Waals surface area contributed by atoms with Gasteiger partial charge in [0.2, 0.25) is 0 Å². The minimum absolute atomic E-state index is 0.528. The van der Waals surface area contributed by atoms with E-state index in [2.05, 4.69) is 0 Å². The van der Waals surface area contributed by atoms with Gasteiger partial charge >= 0.3 is 0 Å². The molecule has 0 amide bonds. The second-order valence-electron chi connectivity index (χ2n) is 3.11. The van der Waals surface area contributed by atoms with Crippen molar-refractivity contribution < 1.29 is 4.74 Å². The summed E-state index contributed by atoms with van der Waals surface area (Å²) < 4.78 is 5.60. The Balaban J connectivity index is 2.01.